The summed E-state index contributed by atoms with van der Waals surface area (Å²) in [7, 11) is -4.22. The van der Waals surface area contributed by atoms with E-state index >= 15 is 0 Å². The molecule has 6 heteroatoms. The smallest absolute Gasteiger partial charge is 0.748 e. The summed E-state index contributed by atoms with van der Waals surface area (Å²) >= 11 is 0. The average Bonchev–Trinajstić information content (AvgIpc) is 2.29. The van der Waals surface area contributed by atoms with Gasteiger partial charge in [0.25, 0.3) is 0 Å². The molecule has 1 N–H and O–H groups in total. The molecule has 0 aliphatic carbocycles. The van der Waals surface area contributed by atoms with Crippen LogP contribution in [0.4, 0.5) is 0 Å². The molecule has 110 valence electrons. The molecule has 0 aliphatic heterocycles. The Kier molecular flexibility index (Phi) is 15.8. The molecule has 2 unspecified atom stereocenters. The summed E-state index contributed by atoms with van der Waals surface area (Å²) in [5.41, 5.74) is 0. The van der Waals surface area contributed by atoms with E-state index < -0.39 is 21.5 Å². The van der Waals surface area contributed by atoms with Gasteiger partial charge in [-0.1, -0.05) is 46.0 Å². The van der Waals surface area contributed by atoms with Gasteiger partial charge in [0.05, 0.1) is 16.2 Å². The van der Waals surface area contributed by atoms with E-state index in [0.29, 0.717) is 25.7 Å². The predicted molar refractivity (Wildman–Crippen MR) is 72.4 cm³/mol. The summed E-state index contributed by atoms with van der Waals surface area (Å²) < 4.78 is 33.3. The van der Waals surface area contributed by atoms with Gasteiger partial charge in [-0.05, 0) is 25.7 Å². The molecule has 0 saturated heterocycles. The Morgan fingerprint density at radius 1 is 0.947 bits per heavy atom. The Hall–Kier alpha value is 1.51. The zero-order chi connectivity index (χ0) is 14.0. The fraction of sp³-hybridized carbons (Fsp3) is 1.00. The second-order valence-corrected chi connectivity index (χ2v) is 6.64. The normalized spacial score (nSPS) is 14.7. The summed E-state index contributed by atoms with van der Waals surface area (Å²) in [6.07, 6.45) is 6.03. The molecule has 0 saturated carbocycles. The van der Waals surface area contributed by atoms with E-state index in [-0.39, 0.29) is 51.4 Å². The molecular weight excluding hydrogens is 291 g/mol. The molecule has 0 aliphatic rings. The maximum atomic E-state index is 11.1. The van der Waals surface area contributed by atoms with Crippen molar-refractivity contribution < 1.29 is 69.5 Å². The number of aliphatic hydroxyl groups excluding tert-OH is 1. The number of unbranched alkanes of at least 4 members (excludes halogenated alkanes) is 3. The van der Waals surface area contributed by atoms with Crippen molar-refractivity contribution in [3.63, 3.8) is 0 Å². The van der Waals surface area contributed by atoms with Crippen molar-refractivity contribution in [2.24, 2.45) is 0 Å². The van der Waals surface area contributed by atoms with Gasteiger partial charge in [-0.3, -0.25) is 0 Å². The standard InChI is InChI=1S/C13H28O4S.K/c1-3-5-7-9-13(18(15,16)17)11-10-12(14)8-6-4-2;/h12-14H,3-11H2,1-2H3,(H,15,16,17);/q;+1/p-1. The molecule has 0 radical (unpaired) electrons. The third-order valence-electron chi connectivity index (χ3n) is 3.25. The minimum Gasteiger partial charge on any atom is -0.748 e. The van der Waals surface area contributed by atoms with Crippen LogP contribution in [0.15, 0.2) is 0 Å². The van der Waals surface area contributed by atoms with Gasteiger partial charge in [0.1, 0.15) is 0 Å². The Morgan fingerprint density at radius 2 is 1.53 bits per heavy atom. The van der Waals surface area contributed by atoms with Crippen molar-refractivity contribution in [1.29, 1.82) is 0 Å². The van der Waals surface area contributed by atoms with Crippen LogP contribution < -0.4 is 51.4 Å². The molecule has 0 aromatic heterocycles. The van der Waals surface area contributed by atoms with Crippen molar-refractivity contribution in [2.75, 3.05) is 0 Å². The van der Waals surface area contributed by atoms with Crippen molar-refractivity contribution >= 4 is 10.1 Å². The Morgan fingerprint density at radius 3 is 2.00 bits per heavy atom. The van der Waals surface area contributed by atoms with Crippen LogP contribution in [0.5, 0.6) is 0 Å². The van der Waals surface area contributed by atoms with Crippen LogP contribution in [0, 0.1) is 0 Å². The number of hydrogen-bond donors (Lipinski definition) is 1. The van der Waals surface area contributed by atoms with Gasteiger partial charge in [-0.15, -0.1) is 0 Å². The largest absolute Gasteiger partial charge is 1.00 e. The summed E-state index contributed by atoms with van der Waals surface area (Å²) in [5.74, 6) is 0. The molecule has 0 aromatic rings. The number of aliphatic hydroxyl groups is 1. The van der Waals surface area contributed by atoms with E-state index in [1.54, 1.807) is 0 Å². The maximum absolute atomic E-state index is 11.1. The fourth-order valence-corrected chi connectivity index (χ4v) is 2.90. The molecule has 0 aromatic carbocycles. The van der Waals surface area contributed by atoms with E-state index in [1.165, 1.54) is 0 Å². The third-order valence-corrected chi connectivity index (χ3v) is 4.54. The molecule has 4 nitrogen and oxygen atoms in total. The third kappa shape index (κ3) is 12.9. The first-order chi connectivity index (χ1) is 8.41. The second kappa shape index (κ2) is 13.2. The summed E-state index contributed by atoms with van der Waals surface area (Å²) in [4.78, 5) is 0. The second-order valence-electron chi connectivity index (χ2n) is 4.98. The van der Waals surface area contributed by atoms with E-state index in [9.17, 15) is 18.1 Å². The Bertz CT molecular complexity index is 293. The summed E-state index contributed by atoms with van der Waals surface area (Å²) in [5, 5.41) is 8.85. The maximum Gasteiger partial charge on any atom is 1.00 e. The zero-order valence-corrected chi connectivity index (χ0v) is 16.5. The van der Waals surface area contributed by atoms with Crippen molar-refractivity contribution in [1.82, 2.24) is 0 Å². The van der Waals surface area contributed by atoms with E-state index in [0.717, 1.165) is 32.1 Å². The van der Waals surface area contributed by atoms with Gasteiger partial charge < -0.3 is 9.66 Å². The molecule has 2 atom stereocenters. The topological polar surface area (TPSA) is 77.4 Å². The summed E-state index contributed by atoms with van der Waals surface area (Å²) in [6, 6.07) is 0. The molecule has 19 heavy (non-hydrogen) atoms. The van der Waals surface area contributed by atoms with Crippen molar-refractivity contribution in [3.05, 3.63) is 0 Å². The van der Waals surface area contributed by atoms with Gasteiger partial charge in [0.2, 0.25) is 0 Å². The fourth-order valence-electron chi connectivity index (χ4n) is 2.02. The van der Waals surface area contributed by atoms with Crippen LogP contribution in [0.2, 0.25) is 0 Å². The van der Waals surface area contributed by atoms with E-state index in [1.807, 2.05) is 13.8 Å². The molecule has 0 fully saturated rings. The first-order valence-corrected chi connectivity index (χ1v) is 8.51. The van der Waals surface area contributed by atoms with E-state index in [2.05, 4.69) is 0 Å². The monoisotopic (exact) mass is 318 g/mol. The van der Waals surface area contributed by atoms with Crippen LogP contribution in [0.25, 0.3) is 0 Å². The first kappa shape index (κ1) is 22.8. The Labute approximate surface area is 160 Å². The minimum atomic E-state index is -4.22. The van der Waals surface area contributed by atoms with Gasteiger partial charge in [-0.2, -0.15) is 0 Å². The molecule has 0 spiro atoms. The van der Waals surface area contributed by atoms with Crippen molar-refractivity contribution in [2.45, 2.75) is 83.0 Å². The number of rotatable bonds is 11. The van der Waals surface area contributed by atoms with Gasteiger partial charge in [0.15, 0.2) is 0 Å². The molecule has 0 rings (SSSR count). The quantitative estimate of drug-likeness (QED) is 0.326. The minimum absolute atomic E-state index is 0. The van der Waals surface area contributed by atoms with Gasteiger partial charge in [-0.25, -0.2) is 8.42 Å². The average molecular weight is 319 g/mol. The van der Waals surface area contributed by atoms with E-state index in [4.69, 9.17) is 0 Å². The predicted octanol–water partition coefficient (Wildman–Crippen LogP) is -0.184. The molecular formula is C13H27KO4S. The molecule has 0 bridgehead atoms. The van der Waals surface area contributed by atoms with Gasteiger partial charge >= 0.3 is 51.4 Å². The molecule has 0 amide bonds. The van der Waals surface area contributed by atoms with Crippen LogP contribution >= 0.6 is 0 Å². The molecule has 0 heterocycles. The van der Waals surface area contributed by atoms with Crippen LogP contribution in [0.1, 0.15) is 71.6 Å². The van der Waals surface area contributed by atoms with Crippen LogP contribution in [0.3, 0.4) is 0 Å². The van der Waals surface area contributed by atoms with Crippen molar-refractivity contribution in [3.8, 4) is 0 Å². The van der Waals surface area contributed by atoms with Crippen LogP contribution in [-0.2, 0) is 10.1 Å². The Balaban J connectivity index is 0. The summed E-state index contributed by atoms with van der Waals surface area (Å²) in [6.45, 7) is 4.08. The zero-order valence-electron chi connectivity index (χ0n) is 12.6. The van der Waals surface area contributed by atoms with Crippen LogP contribution in [-0.4, -0.2) is 29.4 Å². The SMILES string of the molecule is CCCCCC(CCC(O)CCCC)S(=O)(=O)[O-].[K+]. The van der Waals surface area contributed by atoms with Gasteiger partial charge in [0, 0.05) is 5.25 Å². The number of hydrogen-bond acceptors (Lipinski definition) is 4. The first-order valence-electron chi connectivity index (χ1n) is 7.04.